The lowest BCUT2D eigenvalue weighted by molar-refractivity contribution is 0.622. The van der Waals surface area contributed by atoms with Gasteiger partial charge < -0.3 is 5.73 Å². The molecule has 0 amide bonds. The molecule has 0 aliphatic rings. The van der Waals surface area contributed by atoms with Crippen LogP contribution in [0.4, 0.5) is 11.6 Å². The van der Waals surface area contributed by atoms with E-state index >= 15 is 0 Å². The van der Waals surface area contributed by atoms with Crippen LogP contribution in [0.1, 0.15) is 0 Å². The third-order valence-corrected chi connectivity index (χ3v) is 2.06. The zero-order valence-electron chi connectivity index (χ0n) is 7.45. The summed E-state index contributed by atoms with van der Waals surface area (Å²) >= 11 is 0. The Balaban J connectivity index is 2.78. The van der Waals surface area contributed by atoms with Gasteiger partial charge in [0, 0.05) is 0 Å². The number of nitrogens with two attached hydrogens (primary N) is 1. The van der Waals surface area contributed by atoms with E-state index in [1.807, 2.05) is 0 Å². The predicted octanol–water partition coefficient (Wildman–Crippen LogP) is 0.906. The Morgan fingerprint density at radius 1 is 1.13 bits per heavy atom. The molecule has 2 rings (SSSR count). The van der Waals surface area contributed by atoms with Crippen molar-refractivity contribution in [2.75, 3.05) is 5.73 Å². The fraction of sp³-hybridized carbons (Fsp3) is 0. The van der Waals surface area contributed by atoms with Gasteiger partial charge in [-0.25, -0.2) is 9.97 Å². The highest BCUT2D eigenvalue weighted by Gasteiger charge is 2.04. The van der Waals surface area contributed by atoms with Gasteiger partial charge in [0.1, 0.15) is 0 Å². The van der Waals surface area contributed by atoms with Crippen molar-refractivity contribution in [3.63, 3.8) is 0 Å². The molecule has 0 spiro atoms. The van der Waals surface area contributed by atoms with Crippen molar-refractivity contribution in [3.8, 4) is 0 Å². The first-order chi connectivity index (χ1) is 7.16. The van der Waals surface area contributed by atoms with Gasteiger partial charge in [-0.3, -0.25) is 0 Å². The molecule has 76 valence electrons. The quantitative estimate of drug-likeness (QED) is 0.773. The number of hydrogen-bond acceptors (Lipinski definition) is 6. The SMILES string of the molecule is Nc1nc2ccccc2nc1N=S(=O)=O. The normalized spacial score (nSPS) is 10.1. The van der Waals surface area contributed by atoms with E-state index in [2.05, 4.69) is 14.3 Å². The zero-order chi connectivity index (χ0) is 10.8. The van der Waals surface area contributed by atoms with Crippen LogP contribution in [-0.2, 0) is 10.5 Å². The van der Waals surface area contributed by atoms with Crippen LogP contribution in [0.3, 0.4) is 0 Å². The van der Waals surface area contributed by atoms with E-state index in [0.29, 0.717) is 11.0 Å². The smallest absolute Gasteiger partial charge is 0.318 e. The summed E-state index contributed by atoms with van der Waals surface area (Å²) in [5, 5.41) is 0. The standard InChI is InChI=1S/C8H6N4O2S/c9-7-8(12-15(13)14)11-6-4-2-1-3-5(6)10-7/h1-4H,(H2,9,10). The Kier molecular flexibility index (Phi) is 2.30. The first kappa shape index (κ1) is 9.53. The number of rotatable bonds is 1. The van der Waals surface area contributed by atoms with Gasteiger partial charge in [-0.2, -0.15) is 8.42 Å². The Morgan fingerprint density at radius 3 is 2.33 bits per heavy atom. The average Bonchev–Trinajstić information content (AvgIpc) is 2.18. The van der Waals surface area contributed by atoms with Gasteiger partial charge in [0.05, 0.1) is 11.0 Å². The van der Waals surface area contributed by atoms with E-state index in [0.717, 1.165) is 0 Å². The minimum absolute atomic E-state index is 0.00194. The minimum Gasteiger partial charge on any atom is -0.381 e. The number of anilines is 1. The Labute approximate surface area is 86.5 Å². The maximum atomic E-state index is 10.4. The van der Waals surface area contributed by atoms with Crippen LogP contribution in [0.25, 0.3) is 11.0 Å². The molecule has 7 heteroatoms. The van der Waals surface area contributed by atoms with Crippen molar-refractivity contribution in [2.24, 2.45) is 4.36 Å². The second-order valence-corrected chi connectivity index (χ2v) is 3.35. The molecule has 6 nitrogen and oxygen atoms in total. The summed E-state index contributed by atoms with van der Waals surface area (Å²) < 4.78 is 24.0. The molecule has 0 saturated carbocycles. The summed E-state index contributed by atoms with van der Waals surface area (Å²) in [6.07, 6.45) is 0. The highest BCUT2D eigenvalue weighted by atomic mass is 32.2. The molecule has 15 heavy (non-hydrogen) atoms. The molecule has 0 unspecified atom stereocenters. The summed E-state index contributed by atoms with van der Waals surface area (Å²) in [5.74, 6) is -0.0834. The Bertz CT molecular complexity index is 643. The van der Waals surface area contributed by atoms with Crippen molar-refractivity contribution in [1.29, 1.82) is 0 Å². The van der Waals surface area contributed by atoms with Crippen LogP contribution >= 0.6 is 0 Å². The summed E-state index contributed by atoms with van der Waals surface area (Å²) in [7, 11) is -2.58. The van der Waals surface area contributed by atoms with Gasteiger partial charge in [0.25, 0.3) is 0 Å². The molecule has 0 aliphatic heterocycles. The van der Waals surface area contributed by atoms with Gasteiger partial charge in [0.2, 0.25) is 5.82 Å². The van der Waals surface area contributed by atoms with E-state index in [4.69, 9.17) is 5.73 Å². The molecule has 1 aromatic heterocycles. The van der Waals surface area contributed by atoms with Crippen molar-refractivity contribution in [2.45, 2.75) is 0 Å². The van der Waals surface area contributed by atoms with Gasteiger partial charge in [-0.1, -0.05) is 12.1 Å². The van der Waals surface area contributed by atoms with E-state index in [-0.39, 0.29) is 11.6 Å². The van der Waals surface area contributed by atoms with Gasteiger partial charge in [-0.15, -0.1) is 4.36 Å². The number of nitrogen functional groups attached to an aromatic ring is 1. The van der Waals surface area contributed by atoms with Crippen LogP contribution in [0.2, 0.25) is 0 Å². The third kappa shape index (κ3) is 1.91. The van der Waals surface area contributed by atoms with E-state index in [9.17, 15) is 8.42 Å². The highest BCUT2D eigenvalue weighted by Crippen LogP contribution is 2.20. The second kappa shape index (κ2) is 3.62. The summed E-state index contributed by atoms with van der Waals surface area (Å²) in [6.45, 7) is 0. The van der Waals surface area contributed by atoms with Crippen molar-refractivity contribution >= 4 is 33.2 Å². The van der Waals surface area contributed by atoms with E-state index in [1.165, 1.54) is 0 Å². The number of para-hydroxylation sites is 2. The summed E-state index contributed by atoms with van der Waals surface area (Å²) in [6, 6.07) is 7.00. The molecule has 0 fully saturated rings. The first-order valence-electron chi connectivity index (χ1n) is 4.00. The molecule has 1 heterocycles. The van der Waals surface area contributed by atoms with Crippen molar-refractivity contribution in [1.82, 2.24) is 9.97 Å². The molecule has 0 radical (unpaired) electrons. The monoisotopic (exact) mass is 222 g/mol. The minimum atomic E-state index is -2.58. The number of nitrogens with zero attached hydrogens (tertiary/aromatic N) is 3. The van der Waals surface area contributed by atoms with E-state index in [1.54, 1.807) is 24.3 Å². The van der Waals surface area contributed by atoms with Crippen LogP contribution in [0.15, 0.2) is 28.6 Å². The van der Waals surface area contributed by atoms with Crippen molar-refractivity contribution < 1.29 is 8.42 Å². The van der Waals surface area contributed by atoms with Crippen LogP contribution in [-0.4, -0.2) is 18.4 Å². The number of aromatic nitrogens is 2. The molecule has 2 aromatic rings. The molecule has 0 atom stereocenters. The average molecular weight is 222 g/mol. The van der Waals surface area contributed by atoms with Crippen LogP contribution < -0.4 is 5.73 Å². The van der Waals surface area contributed by atoms with Gasteiger partial charge in [0.15, 0.2) is 5.82 Å². The zero-order valence-corrected chi connectivity index (χ0v) is 8.27. The molecule has 0 aliphatic carbocycles. The summed E-state index contributed by atoms with van der Waals surface area (Å²) in [4.78, 5) is 7.94. The number of benzene rings is 1. The van der Waals surface area contributed by atoms with E-state index < -0.39 is 10.5 Å². The number of fused-ring (bicyclic) bond motifs is 1. The first-order valence-corrected chi connectivity index (χ1v) is 5.03. The lowest BCUT2D eigenvalue weighted by Gasteiger charge is -1.99. The molecule has 2 N–H and O–H groups in total. The Hall–Kier alpha value is -2.02. The van der Waals surface area contributed by atoms with Crippen LogP contribution in [0.5, 0.6) is 0 Å². The van der Waals surface area contributed by atoms with Gasteiger partial charge >= 0.3 is 10.5 Å². The highest BCUT2D eigenvalue weighted by molar-refractivity contribution is 7.61. The second-order valence-electron chi connectivity index (χ2n) is 2.73. The number of hydrogen-bond donors (Lipinski definition) is 1. The predicted molar refractivity (Wildman–Crippen MR) is 55.0 cm³/mol. The molecule has 0 saturated heterocycles. The van der Waals surface area contributed by atoms with Crippen LogP contribution in [0, 0.1) is 0 Å². The molecular formula is C8H6N4O2S. The lowest BCUT2D eigenvalue weighted by atomic mass is 10.3. The van der Waals surface area contributed by atoms with Gasteiger partial charge in [-0.05, 0) is 12.1 Å². The topological polar surface area (TPSA) is 98.3 Å². The molecule has 1 aromatic carbocycles. The van der Waals surface area contributed by atoms with Crippen molar-refractivity contribution in [3.05, 3.63) is 24.3 Å². The summed E-state index contributed by atoms with van der Waals surface area (Å²) in [5.41, 5.74) is 6.65. The molecular weight excluding hydrogens is 216 g/mol. The fourth-order valence-electron chi connectivity index (χ4n) is 1.14. The molecule has 0 bridgehead atoms. The largest absolute Gasteiger partial charge is 0.381 e. The Morgan fingerprint density at radius 2 is 1.73 bits per heavy atom. The third-order valence-electron chi connectivity index (χ3n) is 1.74. The fourth-order valence-corrected chi connectivity index (χ4v) is 1.42. The maximum Gasteiger partial charge on any atom is 0.318 e. The maximum absolute atomic E-state index is 10.4. The lowest BCUT2D eigenvalue weighted by Crippen LogP contribution is -1.94.